The molecule has 3 unspecified atom stereocenters. The molecule has 5 atom stereocenters. The molecule has 1 fully saturated rings. The Morgan fingerprint density at radius 1 is 1.10 bits per heavy atom. The summed E-state index contributed by atoms with van der Waals surface area (Å²) in [6, 6.07) is 6.13. The van der Waals surface area contributed by atoms with E-state index in [0.29, 0.717) is 45.9 Å². The van der Waals surface area contributed by atoms with Crippen molar-refractivity contribution in [3.05, 3.63) is 80.9 Å². The number of carbonyl (C=O) groups excluding carboxylic acids is 2. The number of hydrogen-bond donors (Lipinski definition) is 1. The summed E-state index contributed by atoms with van der Waals surface area (Å²) in [4.78, 5) is 29.8. The molecule has 3 aromatic carbocycles. The molecule has 4 aliphatic rings. The first-order chi connectivity index (χ1) is 24.7. The number of likely N-dealkylation sites (N-methyl/N-ethyl adjacent to an activating group) is 1. The average Bonchev–Trinajstić information content (AvgIpc) is 3.58. The Bertz CT molecular complexity index is 2060. The van der Waals surface area contributed by atoms with E-state index in [9.17, 15) is 33.1 Å². The van der Waals surface area contributed by atoms with Crippen LogP contribution >= 0.6 is 0 Å². The SMILES string of the molecule is COc1c(C)cc2c(c1O)C1C3Cc4c(OC(C)=O)c(C)c5c(c4[C@H](COC(=O)C=Cc4cccc(C(F)(F)F)c4)N3[C@@H](C#N)C(C2)N1C)OCO5. The highest BCUT2D eigenvalue weighted by molar-refractivity contribution is 5.87. The predicted octanol–water partition coefficient (Wildman–Crippen LogP) is 5.72. The number of benzene rings is 3. The average molecular weight is 720 g/mol. The van der Waals surface area contributed by atoms with Gasteiger partial charge in [-0.15, -0.1) is 0 Å². The summed E-state index contributed by atoms with van der Waals surface area (Å²) in [5.74, 6) is -0.0392. The lowest BCUT2D eigenvalue weighted by molar-refractivity contribution is -0.143. The van der Waals surface area contributed by atoms with Gasteiger partial charge in [0.1, 0.15) is 18.4 Å². The molecule has 0 aromatic heterocycles. The number of phenolic OH excluding ortho intramolecular Hbond substituents is 1. The van der Waals surface area contributed by atoms with Crippen LogP contribution in [0.4, 0.5) is 13.2 Å². The second kappa shape index (κ2) is 13.1. The highest BCUT2D eigenvalue weighted by Crippen LogP contribution is 2.58. The van der Waals surface area contributed by atoms with E-state index in [1.54, 1.807) is 6.92 Å². The van der Waals surface area contributed by atoms with Crippen molar-refractivity contribution >= 4 is 18.0 Å². The number of alkyl halides is 3. The fourth-order valence-electron chi connectivity index (χ4n) is 8.47. The van der Waals surface area contributed by atoms with E-state index < -0.39 is 47.8 Å². The second-order valence-electron chi connectivity index (χ2n) is 13.4. The first-order valence-corrected chi connectivity index (χ1v) is 16.7. The zero-order valence-corrected chi connectivity index (χ0v) is 29.0. The van der Waals surface area contributed by atoms with Gasteiger partial charge in [0.05, 0.1) is 30.8 Å². The topological polar surface area (TPSA) is 131 Å². The Hall–Kier alpha value is -5.26. The summed E-state index contributed by atoms with van der Waals surface area (Å²) in [6.07, 6.45) is -1.58. The predicted molar refractivity (Wildman–Crippen MR) is 179 cm³/mol. The summed E-state index contributed by atoms with van der Waals surface area (Å²) in [6.45, 7) is 4.47. The molecule has 11 nitrogen and oxygen atoms in total. The summed E-state index contributed by atoms with van der Waals surface area (Å²) in [7, 11) is 3.40. The molecule has 4 heterocycles. The second-order valence-corrected chi connectivity index (χ2v) is 13.4. The number of ether oxygens (including phenoxy) is 5. The first-order valence-electron chi connectivity index (χ1n) is 16.7. The van der Waals surface area contributed by atoms with E-state index in [2.05, 4.69) is 11.0 Å². The minimum Gasteiger partial charge on any atom is -0.504 e. The molecule has 14 heteroatoms. The molecule has 0 spiro atoms. The van der Waals surface area contributed by atoms with Crippen LogP contribution in [0.15, 0.2) is 36.4 Å². The molecule has 3 aromatic rings. The van der Waals surface area contributed by atoms with E-state index >= 15 is 0 Å². The third-order valence-corrected chi connectivity index (χ3v) is 10.5. The summed E-state index contributed by atoms with van der Waals surface area (Å²) in [5, 5.41) is 22.5. The van der Waals surface area contributed by atoms with Crippen molar-refractivity contribution in [3.8, 4) is 34.8 Å². The Balaban J connectivity index is 1.35. The molecule has 4 aliphatic heterocycles. The molecule has 0 radical (unpaired) electrons. The smallest absolute Gasteiger partial charge is 0.416 e. The van der Waals surface area contributed by atoms with Crippen LogP contribution in [0.2, 0.25) is 0 Å². The lowest BCUT2D eigenvalue weighted by Crippen LogP contribution is -2.68. The maximum absolute atomic E-state index is 13.3. The number of nitriles is 1. The largest absolute Gasteiger partial charge is 0.504 e. The van der Waals surface area contributed by atoms with Gasteiger partial charge in [-0.05, 0) is 68.6 Å². The zero-order chi connectivity index (χ0) is 37.2. The number of piperazine rings is 1. The number of rotatable bonds is 6. The van der Waals surface area contributed by atoms with Crippen LogP contribution < -0.4 is 18.9 Å². The number of halogens is 3. The van der Waals surface area contributed by atoms with Crippen LogP contribution in [0.3, 0.4) is 0 Å². The monoisotopic (exact) mass is 719 g/mol. The number of nitrogens with zero attached hydrogens (tertiary/aromatic N) is 3. The van der Waals surface area contributed by atoms with Crippen molar-refractivity contribution in [2.45, 2.75) is 70.0 Å². The number of aryl methyl sites for hydroxylation is 1. The quantitative estimate of drug-likeness (QED) is 0.191. The number of methoxy groups -OCH3 is 1. The number of phenols is 1. The van der Waals surface area contributed by atoms with E-state index in [1.165, 1.54) is 32.2 Å². The van der Waals surface area contributed by atoms with Gasteiger partial charge in [-0.1, -0.05) is 18.2 Å². The van der Waals surface area contributed by atoms with Crippen molar-refractivity contribution in [3.63, 3.8) is 0 Å². The van der Waals surface area contributed by atoms with Crippen molar-refractivity contribution in [1.29, 1.82) is 5.26 Å². The Morgan fingerprint density at radius 3 is 2.54 bits per heavy atom. The molecule has 0 saturated carbocycles. The van der Waals surface area contributed by atoms with Gasteiger partial charge in [-0.2, -0.15) is 18.4 Å². The van der Waals surface area contributed by atoms with Gasteiger partial charge >= 0.3 is 18.1 Å². The van der Waals surface area contributed by atoms with Crippen LogP contribution in [-0.4, -0.2) is 72.5 Å². The standard InChI is InChI=1S/C38H36F3N3O8/c1-18-11-22-13-25-27(15-42)44-26(32(43(25)4)30(22)33(47)34(18)48-5)14-24-31(37-36(50-17-51-37)19(2)35(24)52-20(3)45)28(44)16-49-29(46)10-9-21-7-6-8-23(12-21)38(39,40)41/h6-12,25-28,32,47H,13-14,16-17H2,1-5H3/t25?,26?,27-,28-,32?/m0/s1. The van der Waals surface area contributed by atoms with Crippen LogP contribution in [0.1, 0.15) is 63.5 Å². The van der Waals surface area contributed by atoms with E-state index in [1.807, 2.05) is 24.9 Å². The number of hydrogen-bond acceptors (Lipinski definition) is 11. The van der Waals surface area contributed by atoms with E-state index in [-0.39, 0.29) is 42.9 Å². The van der Waals surface area contributed by atoms with E-state index in [0.717, 1.165) is 29.3 Å². The van der Waals surface area contributed by atoms with Crippen molar-refractivity contribution in [2.75, 3.05) is 27.6 Å². The van der Waals surface area contributed by atoms with Crippen molar-refractivity contribution in [2.24, 2.45) is 0 Å². The maximum Gasteiger partial charge on any atom is 0.416 e. The zero-order valence-electron chi connectivity index (χ0n) is 29.0. The molecule has 52 heavy (non-hydrogen) atoms. The highest BCUT2D eigenvalue weighted by Gasteiger charge is 2.57. The lowest BCUT2D eigenvalue weighted by Gasteiger charge is -2.59. The van der Waals surface area contributed by atoms with Gasteiger partial charge < -0.3 is 28.8 Å². The normalized spacial score (nSPS) is 23.3. The molecule has 2 bridgehead atoms. The first kappa shape index (κ1) is 35.2. The molecular formula is C38H36F3N3O8. The molecular weight excluding hydrogens is 683 g/mol. The minimum absolute atomic E-state index is 0.00117. The lowest BCUT2D eigenvalue weighted by atomic mass is 9.71. The summed E-state index contributed by atoms with van der Waals surface area (Å²) < 4.78 is 69.0. The fourth-order valence-corrected chi connectivity index (χ4v) is 8.47. The molecule has 1 saturated heterocycles. The fraction of sp³-hybridized carbons (Fsp3) is 0.395. The van der Waals surface area contributed by atoms with E-state index in [4.69, 9.17) is 23.7 Å². The number of carbonyl (C=O) groups is 2. The Morgan fingerprint density at radius 2 is 1.85 bits per heavy atom. The van der Waals surface area contributed by atoms with Gasteiger partial charge in [0, 0.05) is 47.3 Å². The number of esters is 2. The van der Waals surface area contributed by atoms with Gasteiger partial charge in [-0.3, -0.25) is 14.6 Å². The maximum atomic E-state index is 13.3. The minimum atomic E-state index is -4.55. The third kappa shape index (κ3) is 5.68. The van der Waals surface area contributed by atoms with Gasteiger partial charge in [-0.25, -0.2) is 4.79 Å². The summed E-state index contributed by atoms with van der Waals surface area (Å²) in [5.41, 5.74) is 3.28. The molecule has 0 aliphatic carbocycles. The number of fused-ring (bicyclic) bond motifs is 9. The van der Waals surface area contributed by atoms with Gasteiger partial charge in [0.25, 0.3) is 0 Å². The van der Waals surface area contributed by atoms with Gasteiger partial charge in [0.15, 0.2) is 23.0 Å². The van der Waals surface area contributed by atoms with Gasteiger partial charge in [0.2, 0.25) is 6.79 Å². The Kier molecular flexibility index (Phi) is 8.83. The van der Waals surface area contributed by atoms with Crippen LogP contribution in [0, 0.1) is 25.2 Å². The molecule has 272 valence electrons. The molecule has 0 amide bonds. The highest BCUT2D eigenvalue weighted by atomic mass is 19.4. The van der Waals surface area contributed by atoms with Crippen LogP contribution in [-0.2, 0) is 33.3 Å². The van der Waals surface area contributed by atoms with Crippen LogP contribution in [0.25, 0.3) is 6.08 Å². The Labute approximate surface area is 297 Å². The molecule has 1 N–H and O–H groups in total. The summed E-state index contributed by atoms with van der Waals surface area (Å²) >= 11 is 0. The molecule has 7 rings (SSSR count). The van der Waals surface area contributed by atoms with Crippen LogP contribution in [0.5, 0.6) is 28.7 Å². The van der Waals surface area contributed by atoms with Crippen molar-refractivity contribution in [1.82, 2.24) is 9.80 Å². The third-order valence-electron chi connectivity index (χ3n) is 10.5. The number of aromatic hydroxyl groups is 1. The van der Waals surface area contributed by atoms with Crippen molar-refractivity contribution < 1.29 is 51.6 Å².